The Morgan fingerprint density at radius 3 is 2.88 bits per heavy atom. The second-order valence-corrected chi connectivity index (χ2v) is 5.55. The predicted octanol–water partition coefficient (Wildman–Crippen LogP) is 2.12. The second-order valence-electron chi connectivity index (χ2n) is 5.55. The number of hydrogen-bond donors (Lipinski definition) is 1. The Morgan fingerprint density at radius 1 is 1.35 bits per heavy atom. The maximum absolute atomic E-state index is 5.79. The van der Waals surface area contributed by atoms with Gasteiger partial charge < -0.3 is 10.1 Å². The SMILES string of the molecule is CCCCCN1CCO[C@H](CNCC(C)C)C1. The van der Waals surface area contributed by atoms with Gasteiger partial charge >= 0.3 is 0 Å². The number of hydrogen-bond acceptors (Lipinski definition) is 3. The van der Waals surface area contributed by atoms with Gasteiger partial charge in [0, 0.05) is 19.6 Å². The monoisotopic (exact) mass is 242 g/mol. The van der Waals surface area contributed by atoms with E-state index >= 15 is 0 Å². The first kappa shape index (κ1) is 14.9. The van der Waals surface area contributed by atoms with Crippen molar-refractivity contribution in [3.05, 3.63) is 0 Å². The predicted molar refractivity (Wildman–Crippen MR) is 73.4 cm³/mol. The fraction of sp³-hybridized carbons (Fsp3) is 1.00. The molecule has 0 aromatic heterocycles. The number of unbranched alkanes of at least 4 members (excludes halogenated alkanes) is 2. The van der Waals surface area contributed by atoms with Crippen LogP contribution >= 0.6 is 0 Å². The summed E-state index contributed by atoms with van der Waals surface area (Å²) in [5.74, 6) is 0.722. The van der Waals surface area contributed by atoms with Crippen LogP contribution in [0.1, 0.15) is 40.0 Å². The molecule has 0 spiro atoms. The van der Waals surface area contributed by atoms with E-state index in [1.807, 2.05) is 0 Å². The fourth-order valence-electron chi connectivity index (χ4n) is 2.23. The summed E-state index contributed by atoms with van der Waals surface area (Å²) in [6.45, 7) is 13.2. The number of rotatable bonds is 8. The van der Waals surface area contributed by atoms with Crippen LogP contribution in [0.25, 0.3) is 0 Å². The lowest BCUT2D eigenvalue weighted by Crippen LogP contribution is -2.47. The molecule has 1 fully saturated rings. The number of ether oxygens (including phenoxy) is 1. The van der Waals surface area contributed by atoms with Crippen molar-refractivity contribution in [1.82, 2.24) is 10.2 Å². The smallest absolute Gasteiger partial charge is 0.0826 e. The summed E-state index contributed by atoms with van der Waals surface area (Å²) < 4.78 is 5.79. The highest BCUT2D eigenvalue weighted by atomic mass is 16.5. The molecule has 0 aromatic carbocycles. The van der Waals surface area contributed by atoms with Gasteiger partial charge in [-0.3, -0.25) is 4.90 Å². The first-order chi connectivity index (χ1) is 8.22. The molecule has 1 saturated heterocycles. The minimum absolute atomic E-state index is 0.393. The highest BCUT2D eigenvalue weighted by Gasteiger charge is 2.19. The number of nitrogens with one attached hydrogen (secondary N) is 1. The topological polar surface area (TPSA) is 24.5 Å². The zero-order valence-electron chi connectivity index (χ0n) is 11.9. The summed E-state index contributed by atoms with van der Waals surface area (Å²) in [7, 11) is 0. The van der Waals surface area contributed by atoms with Gasteiger partial charge in [-0.25, -0.2) is 0 Å². The normalized spacial score (nSPS) is 22.2. The van der Waals surface area contributed by atoms with Gasteiger partial charge in [0.25, 0.3) is 0 Å². The van der Waals surface area contributed by atoms with Gasteiger partial charge in [0.2, 0.25) is 0 Å². The molecular weight excluding hydrogens is 212 g/mol. The molecule has 0 saturated carbocycles. The first-order valence-corrected chi connectivity index (χ1v) is 7.27. The highest BCUT2D eigenvalue weighted by Crippen LogP contribution is 2.06. The summed E-state index contributed by atoms with van der Waals surface area (Å²) in [5, 5.41) is 3.49. The maximum atomic E-state index is 5.79. The van der Waals surface area contributed by atoms with Crippen molar-refractivity contribution in [2.45, 2.75) is 46.1 Å². The molecule has 3 nitrogen and oxygen atoms in total. The van der Waals surface area contributed by atoms with E-state index in [1.54, 1.807) is 0 Å². The third kappa shape index (κ3) is 7.02. The Labute approximate surface area is 107 Å². The Bertz CT molecular complexity index is 185. The lowest BCUT2D eigenvalue weighted by atomic mass is 10.2. The largest absolute Gasteiger partial charge is 0.374 e. The van der Waals surface area contributed by atoms with Crippen LogP contribution in [0.15, 0.2) is 0 Å². The molecule has 1 atom stereocenters. The van der Waals surface area contributed by atoms with Crippen molar-refractivity contribution >= 4 is 0 Å². The Morgan fingerprint density at radius 2 is 2.18 bits per heavy atom. The van der Waals surface area contributed by atoms with Gasteiger partial charge in [-0.05, 0) is 25.4 Å². The highest BCUT2D eigenvalue weighted by molar-refractivity contribution is 4.73. The molecule has 3 heteroatoms. The molecule has 102 valence electrons. The molecule has 1 aliphatic heterocycles. The Balaban J connectivity index is 2.10. The van der Waals surface area contributed by atoms with E-state index in [0.717, 1.165) is 38.7 Å². The van der Waals surface area contributed by atoms with Gasteiger partial charge in [0.05, 0.1) is 12.7 Å². The molecule has 1 aliphatic rings. The van der Waals surface area contributed by atoms with E-state index in [-0.39, 0.29) is 0 Å². The van der Waals surface area contributed by atoms with Crippen molar-refractivity contribution in [1.29, 1.82) is 0 Å². The second kappa shape index (κ2) is 8.90. The van der Waals surface area contributed by atoms with Crippen molar-refractivity contribution < 1.29 is 4.74 Å². The summed E-state index contributed by atoms with van der Waals surface area (Å²) in [6.07, 6.45) is 4.39. The third-order valence-corrected chi connectivity index (χ3v) is 3.23. The molecule has 0 bridgehead atoms. The number of morpholine rings is 1. The third-order valence-electron chi connectivity index (χ3n) is 3.23. The molecule has 0 aliphatic carbocycles. The molecule has 0 radical (unpaired) electrons. The van der Waals surface area contributed by atoms with Crippen LogP contribution in [0.5, 0.6) is 0 Å². The minimum Gasteiger partial charge on any atom is -0.374 e. The number of nitrogens with zero attached hydrogens (tertiary/aromatic N) is 1. The van der Waals surface area contributed by atoms with E-state index in [1.165, 1.54) is 25.8 Å². The van der Waals surface area contributed by atoms with Gasteiger partial charge in [0.15, 0.2) is 0 Å². The molecule has 0 aromatic rings. The summed E-state index contributed by atoms with van der Waals surface area (Å²) in [6, 6.07) is 0. The Kier molecular flexibility index (Phi) is 7.82. The Hall–Kier alpha value is -0.120. The van der Waals surface area contributed by atoms with E-state index in [0.29, 0.717) is 6.10 Å². The van der Waals surface area contributed by atoms with Crippen LogP contribution in [-0.2, 0) is 4.74 Å². The van der Waals surface area contributed by atoms with Gasteiger partial charge in [-0.15, -0.1) is 0 Å². The van der Waals surface area contributed by atoms with Crippen molar-refractivity contribution in [3.63, 3.8) is 0 Å². The van der Waals surface area contributed by atoms with Crippen LogP contribution in [0.2, 0.25) is 0 Å². The molecule has 1 N–H and O–H groups in total. The zero-order chi connectivity index (χ0) is 12.5. The van der Waals surface area contributed by atoms with E-state index in [9.17, 15) is 0 Å². The van der Waals surface area contributed by atoms with Gasteiger partial charge in [-0.2, -0.15) is 0 Å². The minimum atomic E-state index is 0.393. The average Bonchev–Trinajstić information content (AvgIpc) is 2.29. The van der Waals surface area contributed by atoms with Crippen molar-refractivity contribution in [3.8, 4) is 0 Å². The lowest BCUT2D eigenvalue weighted by molar-refractivity contribution is -0.0275. The van der Waals surface area contributed by atoms with Crippen LogP contribution in [0.4, 0.5) is 0 Å². The molecule has 0 unspecified atom stereocenters. The maximum Gasteiger partial charge on any atom is 0.0826 e. The summed E-state index contributed by atoms with van der Waals surface area (Å²) in [4.78, 5) is 2.56. The molecule has 1 heterocycles. The molecule has 1 rings (SSSR count). The zero-order valence-corrected chi connectivity index (χ0v) is 11.9. The average molecular weight is 242 g/mol. The summed E-state index contributed by atoms with van der Waals surface area (Å²) in [5.41, 5.74) is 0. The van der Waals surface area contributed by atoms with Crippen LogP contribution in [0, 0.1) is 5.92 Å². The van der Waals surface area contributed by atoms with E-state index in [4.69, 9.17) is 4.74 Å². The van der Waals surface area contributed by atoms with Crippen LogP contribution < -0.4 is 5.32 Å². The van der Waals surface area contributed by atoms with Crippen LogP contribution in [-0.4, -0.2) is 50.3 Å². The van der Waals surface area contributed by atoms with Gasteiger partial charge in [0.1, 0.15) is 0 Å². The molecule has 17 heavy (non-hydrogen) atoms. The molecule has 0 amide bonds. The van der Waals surface area contributed by atoms with Crippen LogP contribution in [0.3, 0.4) is 0 Å². The lowest BCUT2D eigenvalue weighted by Gasteiger charge is -2.33. The van der Waals surface area contributed by atoms with Gasteiger partial charge in [-0.1, -0.05) is 33.6 Å². The van der Waals surface area contributed by atoms with E-state index < -0.39 is 0 Å². The van der Waals surface area contributed by atoms with E-state index in [2.05, 4.69) is 31.0 Å². The summed E-state index contributed by atoms with van der Waals surface area (Å²) >= 11 is 0. The quantitative estimate of drug-likeness (QED) is 0.660. The van der Waals surface area contributed by atoms with Crippen molar-refractivity contribution in [2.24, 2.45) is 5.92 Å². The van der Waals surface area contributed by atoms with Crippen molar-refractivity contribution in [2.75, 3.05) is 39.3 Å². The fourth-order valence-corrected chi connectivity index (χ4v) is 2.23. The molecular formula is C14H30N2O. The standard InChI is InChI=1S/C14H30N2O/c1-4-5-6-7-16-8-9-17-14(12-16)11-15-10-13(2)3/h13-15H,4-12H2,1-3H3/t14-/m1/s1. The first-order valence-electron chi connectivity index (χ1n) is 7.27.